The molecule has 0 bridgehead atoms. The first-order valence-electron chi connectivity index (χ1n) is 6.94. The molecule has 1 saturated heterocycles. The van der Waals surface area contributed by atoms with Gasteiger partial charge in [0, 0.05) is 37.5 Å². The van der Waals surface area contributed by atoms with Gasteiger partial charge in [-0.1, -0.05) is 0 Å². The minimum Gasteiger partial charge on any atom is -0.381 e. The number of pyridine rings is 1. The summed E-state index contributed by atoms with van der Waals surface area (Å²) in [6.45, 7) is 2.45. The highest BCUT2D eigenvalue weighted by Gasteiger charge is 2.19. The lowest BCUT2D eigenvalue weighted by Gasteiger charge is -2.09. The molecule has 5 nitrogen and oxygen atoms in total. The van der Waals surface area contributed by atoms with Gasteiger partial charge < -0.3 is 10.1 Å². The standard InChI is InChI=1S/C15H18N4O/c1-5-16-6-2-12(1)3-7-17-15-9-14(18-11-19-15)13-4-8-20-10-13/h1-2,5-6,9,11,13H,3-4,7-8,10H2,(H,17,18,19). The third kappa shape index (κ3) is 3.30. The fourth-order valence-electron chi connectivity index (χ4n) is 2.34. The zero-order valence-electron chi connectivity index (χ0n) is 11.3. The molecule has 0 spiro atoms. The normalized spacial score (nSPS) is 18.1. The van der Waals surface area contributed by atoms with Crippen LogP contribution in [0.25, 0.3) is 0 Å². The average Bonchev–Trinajstić information content (AvgIpc) is 3.03. The van der Waals surface area contributed by atoms with Crippen LogP contribution in [0.3, 0.4) is 0 Å². The predicted octanol–water partition coefficient (Wildman–Crippen LogP) is 2.03. The zero-order chi connectivity index (χ0) is 13.6. The van der Waals surface area contributed by atoms with Crippen molar-refractivity contribution in [2.45, 2.75) is 18.8 Å². The van der Waals surface area contributed by atoms with E-state index in [1.165, 1.54) is 5.56 Å². The third-order valence-corrected chi connectivity index (χ3v) is 3.51. The number of anilines is 1. The van der Waals surface area contributed by atoms with E-state index >= 15 is 0 Å². The Morgan fingerprint density at radius 1 is 1.25 bits per heavy atom. The summed E-state index contributed by atoms with van der Waals surface area (Å²) in [6, 6.07) is 6.10. The van der Waals surface area contributed by atoms with Gasteiger partial charge in [-0.25, -0.2) is 9.97 Å². The predicted molar refractivity (Wildman–Crippen MR) is 76.6 cm³/mol. The van der Waals surface area contributed by atoms with Crippen LogP contribution in [0.2, 0.25) is 0 Å². The first-order chi connectivity index (χ1) is 9.92. The molecule has 3 rings (SSSR count). The molecular weight excluding hydrogens is 252 g/mol. The topological polar surface area (TPSA) is 59.9 Å². The van der Waals surface area contributed by atoms with Crippen LogP contribution in [0.15, 0.2) is 36.9 Å². The van der Waals surface area contributed by atoms with E-state index in [0.717, 1.165) is 44.1 Å². The number of aromatic nitrogens is 3. The number of ether oxygens (including phenoxy) is 1. The Morgan fingerprint density at radius 3 is 2.95 bits per heavy atom. The summed E-state index contributed by atoms with van der Waals surface area (Å²) in [4.78, 5) is 12.6. The van der Waals surface area contributed by atoms with Gasteiger partial charge in [0.1, 0.15) is 12.1 Å². The maximum atomic E-state index is 5.40. The SMILES string of the molecule is c1cc(CCNc2cc(C3CCOC3)ncn2)ccn1. The summed E-state index contributed by atoms with van der Waals surface area (Å²) < 4.78 is 5.40. The van der Waals surface area contributed by atoms with Crippen molar-refractivity contribution in [2.24, 2.45) is 0 Å². The molecule has 0 aromatic carbocycles. The molecule has 1 aliphatic rings. The summed E-state index contributed by atoms with van der Waals surface area (Å²) in [6.07, 6.45) is 7.26. The molecular formula is C15H18N4O. The van der Waals surface area contributed by atoms with E-state index in [9.17, 15) is 0 Å². The van der Waals surface area contributed by atoms with Crippen LogP contribution in [-0.4, -0.2) is 34.7 Å². The number of hydrogen-bond acceptors (Lipinski definition) is 5. The second-order valence-electron chi connectivity index (χ2n) is 4.92. The van der Waals surface area contributed by atoms with E-state index in [1.54, 1.807) is 6.33 Å². The molecule has 0 aliphatic carbocycles. The van der Waals surface area contributed by atoms with Gasteiger partial charge in [-0.2, -0.15) is 0 Å². The van der Waals surface area contributed by atoms with E-state index in [4.69, 9.17) is 4.74 Å². The van der Waals surface area contributed by atoms with E-state index in [1.807, 2.05) is 30.6 Å². The molecule has 1 N–H and O–H groups in total. The monoisotopic (exact) mass is 270 g/mol. The number of nitrogens with zero attached hydrogens (tertiary/aromatic N) is 3. The fraction of sp³-hybridized carbons (Fsp3) is 0.400. The molecule has 3 heterocycles. The molecule has 1 unspecified atom stereocenters. The van der Waals surface area contributed by atoms with Crippen LogP contribution in [0.1, 0.15) is 23.6 Å². The maximum Gasteiger partial charge on any atom is 0.129 e. The van der Waals surface area contributed by atoms with Crippen molar-refractivity contribution in [3.63, 3.8) is 0 Å². The van der Waals surface area contributed by atoms with Crippen molar-refractivity contribution < 1.29 is 4.74 Å². The summed E-state index contributed by atoms with van der Waals surface area (Å²) in [5.41, 5.74) is 2.34. The number of hydrogen-bond donors (Lipinski definition) is 1. The Hall–Kier alpha value is -2.01. The molecule has 1 atom stereocenters. The summed E-state index contributed by atoms with van der Waals surface area (Å²) in [7, 11) is 0. The van der Waals surface area contributed by atoms with Crippen molar-refractivity contribution in [1.29, 1.82) is 0 Å². The summed E-state index contributed by atoms with van der Waals surface area (Å²) in [5, 5.41) is 3.34. The largest absolute Gasteiger partial charge is 0.381 e. The first kappa shape index (κ1) is 13.0. The van der Waals surface area contributed by atoms with Gasteiger partial charge >= 0.3 is 0 Å². The molecule has 104 valence electrons. The molecule has 20 heavy (non-hydrogen) atoms. The van der Waals surface area contributed by atoms with Gasteiger partial charge in [0.05, 0.1) is 12.3 Å². The Morgan fingerprint density at radius 2 is 2.15 bits per heavy atom. The smallest absolute Gasteiger partial charge is 0.129 e. The Kier molecular flexibility index (Phi) is 4.18. The third-order valence-electron chi connectivity index (χ3n) is 3.51. The summed E-state index contributed by atoms with van der Waals surface area (Å²) in [5.74, 6) is 1.30. The van der Waals surface area contributed by atoms with Crippen molar-refractivity contribution in [1.82, 2.24) is 15.0 Å². The Balaban J connectivity index is 1.56. The number of nitrogens with one attached hydrogen (secondary N) is 1. The van der Waals surface area contributed by atoms with Gasteiger partial charge in [-0.3, -0.25) is 4.98 Å². The van der Waals surface area contributed by atoms with Gasteiger partial charge in [-0.05, 0) is 30.5 Å². The van der Waals surface area contributed by atoms with Crippen molar-refractivity contribution in [3.8, 4) is 0 Å². The van der Waals surface area contributed by atoms with Gasteiger partial charge in [0.15, 0.2) is 0 Å². The first-order valence-corrected chi connectivity index (χ1v) is 6.94. The quantitative estimate of drug-likeness (QED) is 0.900. The molecule has 0 radical (unpaired) electrons. The molecule has 1 fully saturated rings. The van der Waals surface area contributed by atoms with E-state index < -0.39 is 0 Å². The Bertz CT molecular complexity index is 541. The summed E-state index contributed by atoms with van der Waals surface area (Å²) >= 11 is 0. The highest BCUT2D eigenvalue weighted by Crippen LogP contribution is 2.24. The van der Waals surface area contributed by atoms with Crippen LogP contribution in [-0.2, 0) is 11.2 Å². The fourth-order valence-corrected chi connectivity index (χ4v) is 2.34. The highest BCUT2D eigenvalue weighted by atomic mass is 16.5. The highest BCUT2D eigenvalue weighted by molar-refractivity contribution is 5.36. The van der Waals surface area contributed by atoms with E-state index in [0.29, 0.717) is 5.92 Å². The molecule has 2 aromatic rings. The lowest BCUT2D eigenvalue weighted by atomic mass is 10.1. The Labute approximate surface area is 118 Å². The average molecular weight is 270 g/mol. The number of rotatable bonds is 5. The zero-order valence-corrected chi connectivity index (χ0v) is 11.3. The van der Waals surface area contributed by atoms with Crippen LogP contribution in [0, 0.1) is 0 Å². The second kappa shape index (κ2) is 6.43. The van der Waals surface area contributed by atoms with Crippen LogP contribution >= 0.6 is 0 Å². The van der Waals surface area contributed by atoms with Gasteiger partial charge in [0.2, 0.25) is 0 Å². The van der Waals surface area contributed by atoms with Gasteiger partial charge in [0.25, 0.3) is 0 Å². The molecule has 5 heteroatoms. The molecule has 2 aromatic heterocycles. The van der Waals surface area contributed by atoms with E-state index in [2.05, 4.69) is 20.3 Å². The van der Waals surface area contributed by atoms with Crippen LogP contribution in [0.5, 0.6) is 0 Å². The maximum absolute atomic E-state index is 5.40. The van der Waals surface area contributed by atoms with E-state index in [-0.39, 0.29) is 0 Å². The van der Waals surface area contributed by atoms with Crippen LogP contribution in [0.4, 0.5) is 5.82 Å². The molecule has 1 aliphatic heterocycles. The lowest BCUT2D eigenvalue weighted by Crippen LogP contribution is -2.08. The van der Waals surface area contributed by atoms with Crippen molar-refractivity contribution in [2.75, 3.05) is 25.1 Å². The van der Waals surface area contributed by atoms with Crippen molar-refractivity contribution in [3.05, 3.63) is 48.2 Å². The lowest BCUT2D eigenvalue weighted by molar-refractivity contribution is 0.193. The van der Waals surface area contributed by atoms with Gasteiger partial charge in [-0.15, -0.1) is 0 Å². The van der Waals surface area contributed by atoms with Crippen LogP contribution < -0.4 is 5.32 Å². The van der Waals surface area contributed by atoms with Crippen molar-refractivity contribution >= 4 is 5.82 Å². The minimum absolute atomic E-state index is 0.416. The minimum atomic E-state index is 0.416. The molecule has 0 amide bonds. The second-order valence-corrected chi connectivity index (χ2v) is 4.92. The molecule has 0 saturated carbocycles.